The largest absolute Gasteiger partial charge is 0.453 e. The first-order valence-corrected chi connectivity index (χ1v) is 19.1. The lowest BCUT2D eigenvalue weighted by molar-refractivity contribution is -0.131. The normalized spacial score (nSPS) is 15.3. The minimum absolute atomic E-state index is 0.00779. The summed E-state index contributed by atoms with van der Waals surface area (Å²) in [6.45, 7) is 13.3. The number of methoxy groups -OCH3 is 1. The first-order chi connectivity index (χ1) is 26.2. The van der Waals surface area contributed by atoms with Crippen LogP contribution in [0.4, 0.5) is 9.59 Å². The van der Waals surface area contributed by atoms with Gasteiger partial charge in [0.05, 0.1) is 31.5 Å². The van der Waals surface area contributed by atoms with Crippen LogP contribution >= 0.6 is 0 Å². The minimum atomic E-state index is -1.13. The molecule has 3 aromatic rings. The molecule has 0 saturated carbocycles. The molecule has 1 aliphatic heterocycles. The Balaban J connectivity index is 1.55. The number of ether oxygens (including phenoxy) is 1. The molecule has 1 fully saturated rings. The van der Waals surface area contributed by atoms with Crippen molar-refractivity contribution in [3.63, 3.8) is 0 Å². The molecule has 0 aliphatic carbocycles. The van der Waals surface area contributed by atoms with E-state index in [2.05, 4.69) is 25.8 Å². The SMILES string of the molecule is CCC(C)C(C(=O)NC(Cc1ccccc1)C(O)CN(Cc1ccc(C)cc1)NC(=O)CC(C)(C)CNC(=O)OC)N1CCN(Cc2cccc(C)n2)C1=O. The third-order valence-electron chi connectivity index (χ3n) is 10.0. The number of aliphatic hydroxyl groups excluding tert-OH is 1. The number of aromatic nitrogens is 1. The molecule has 298 valence electrons. The Morgan fingerprint density at radius 1 is 0.982 bits per heavy atom. The number of aryl methyl sites for hydroxylation is 2. The lowest BCUT2D eigenvalue weighted by Gasteiger charge is -2.35. The average Bonchev–Trinajstić information content (AvgIpc) is 3.49. The fourth-order valence-corrected chi connectivity index (χ4v) is 6.75. The van der Waals surface area contributed by atoms with Crippen LogP contribution in [0.2, 0.25) is 0 Å². The summed E-state index contributed by atoms with van der Waals surface area (Å²) in [5.74, 6) is -0.800. The fraction of sp³-hybridized carbons (Fsp3) is 0.500. The first kappa shape index (κ1) is 42.7. The molecule has 1 aromatic heterocycles. The van der Waals surface area contributed by atoms with Gasteiger partial charge in [-0.25, -0.2) is 14.6 Å². The van der Waals surface area contributed by atoms with Crippen LogP contribution in [-0.2, 0) is 33.8 Å². The molecule has 1 saturated heterocycles. The summed E-state index contributed by atoms with van der Waals surface area (Å²) in [4.78, 5) is 61.3. The molecule has 0 spiro atoms. The smallest absolute Gasteiger partial charge is 0.406 e. The highest BCUT2D eigenvalue weighted by atomic mass is 16.5. The number of hydrazine groups is 1. The second-order valence-corrected chi connectivity index (χ2v) is 15.5. The summed E-state index contributed by atoms with van der Waals surface area (Å²) in [6.07, 6.45) is -0.641. The molecular weight excluding hydrogens is 699 g/mol. The quantitative estimate of drug-likeness (QED) is 0.128. The summed E-state index contributed by atoms with van der Waals surface area (Å²) >= 11 is 0. The Labute approximate surface area is 325 Å². The van der Waals surface area contributed by atoms with Gasteiger partial charge in [0.1, 0.15) is 6.04 Å². The molecule has 5 amide bonds. The van der Waals surface area contributed by atoms with Crippen molar-refractivity contribution in [2.75, 3.05) is 33.3 Å². The summed E-state index contributed by atoms with van der Waals surface area (Å²) in [6, 6.07) is 21.5. The van der Waals surface area contributed by atoms with Crippen molar-refractivity contribution < 1.29 is 29.0 Å². The maximum absolute atomic E-state index is 14.4. The molecule has 0 radical (unpaired) electrons. The topological polar surface area (TPSA) is 156 Å². The van der Waals surface area contributed by atoms with Crippen molar-refractivity contribution >= 4 is 23.9 Å². The lowest BCUT2D eigenvalue weighted by atomic mass is 9.89. The standard InChI is InChI=1S/C42H59N7O6/c1-8-30(3)38(49-22-21-47(41(49)54)26-34-16-12-13-31(4)44-34)39(52)45-35(23-32-14-10-9-11-15-32)36(50)27-48(25-33-19-17-29(2)18-20-33)46-37(51)24-42(5,6)28-43-40(53)55-7/h9-20,30,35-36,38,50H,8,21-28H2,1-7H3,(H,43,53)(H,45,52)(H,46,51). The zero-order valence-corrected chi connectivity index (χ0v) is 33.4. The Morgan fingerprint density at radius 3 is 2.35 bits per heavy atom. The van der Waals surface area contributed by atoms with E-state index in [1.807, 2.05) is 114 Å². The number of hydrogen-bond donors (Lipinski definition) is 4. The number of rotatable bonds is 19. The van der Waals surface area contributed by atoms with Gasteiger partial charge in [0.25, 0.3) is 0 Å². The van der Waals surface area contributed by atoms with Crippen molar-refractivity contribution in [2.45, 2.75) is 92.1 Å². The van der Waals surface area contributed by atoms with Crippen molar-refractivity contribution in [2.24, 2.45) is 11.3 Å². The van der Waals surface area contributed by atoms with Gasteiger partial charge in [-0.15, -0.1) is 0 Å². The van der Waals surface area contributed by atoms with Crippen molar-refractivity contribution in [1.29, 1.82) is 0 Å². The Bertz CT molecular complexity index is 1720. The molecule has 13 heteroatoms. The molecule has 4 rings (SSSR count). The van der Waals surface area contributed by atoms with E-state index in [0.29, 0.717) is 39.0 Å². The number of carbonyl (C=O) groups excluding carboxylic acids is 4. The number of pyridine rings is 1. The number of aliphatic hydroxyl groups is 1. The predicted octanol–water partition coefficient (Wildman–Crippen LogP) is 4.74. The van der Waals surface area contributed by atoms with E-state index in [1.165, 1.54) is 7.11 Å². The van der Waals surface area contributed by atoms with Crippen LogP contribution in [0, 0.1) is 25.2 Å². The summed E-state index contributed by atoms with van der Waals surface area (Å²) in [7, 11) is 1.28. The Hall–Kier alpha value is -5.01. The van der Waals surface area contributed by atoms with Crippen LogP contribution in [0.25, 0.3) is 0 Å². The number of nitrogens with zero attached hydrogens (tertiary/aromatic N) is 4. The molecule has 2 aromatic carbocycles. The zero-order valence-electron chi connectivity index (χ0n) is 33.4. The second-order valence-electron chi connectivity index (χ2n) is 15.5. The van der Waals surface area contributed by atoms with E-state index in [1.54, 1.807) is 14.8 Å². The highest BCUT2D eigenvalue weighted by Crippen LogP contribution is 2.23. The summed E-state index contributed by atoms with van der Waals surface area (Å²) in [5, 5.41) is 19.5. The maximum atomic E-state index is 14.4. The van der Waals surface area contributed by atoms with Gasteiger partial charge in [-0.05, 0) is 54.9 Å². The van der Waals surface area contributed by atoms with Gasteiger partial charge in [0, 0.05) is 44.8 Å². The van der Waals surface area contributed by atoms with Gasteiger partial charge >= 0.3 is 12.1 Å². The van der Waals surface area contributed by atoms with Crippen LogP contribution in [-0.4, -0.2) is 100 Å². The maximum Gasteiger partial charge on any atom is 0.406 e. The lowest BCUT2D eigenvalue weighted by Crippen LogP contribution is -2.58. The van der Waals surface area contributed by atoms with Crippen molar-refractivity contribution in [3.05, 3.63) is 101 Å². The van der Waals surface area contributed by atoms with E-state index in [-0.39, 0.29) is 43.3 Å². The van der Waals surface area contributed by atoms with Crippen LogP contribution in [0.15, 0.2) is 72.8 Å². The van der Waals surface area contributed by atoms with Gasteiger partial charge in [-0.3, -0.25) is 20.0 Å². The molecular formula is C42H59N7O6. The number of hydrogen-bond acceptors (Lipinski definition) is 8. The third kappa shape index (κ3) is 13.1. The highest BCUT2D eigenvalue weighted by molar-refractivity contribution is 5.88. The monoisotopic (exact) mass is 757 g/mol. The van der Waals surface area contributed by atoms with E-state index < -0.39 is 29.7 Å². The molecule has 2 heterocycles. The molecule has 4 unspecified atom stereocenters. The number of carbonyl (C=O) groups is 4. The van der Waals surface area contributed by atoms with Gasteiger partial charge in [-0.2, -0.15) is 0 Å². The number of alkyl carbamates (subject to hydrolysis) is 1. The Morgan fingerprint density at radius 2 is 1.69 bits per heavy atom. The zero-order chi connectivity index (χ0) is 40.1. The van der Waals surface area contributed by atoms with Gasteiger partial charge < -0.3 is 30.3 Å². The number of urea groups is 1. The van der Waals surface area contributed by atoms with Gasteiger partial charge in [0.15, 0.2) is 0 Å². The third-order valence-corrected chi connectivity index (χ3v) is 10.0. The molecule has 0 bridgehead atoms. The average molecular weight is 758 g/mol. The molecule has 4 N–H and O–H groups in total. The number of amides is 5. The molecule has 13 nitrogen and oxygen atoms in total. The predicted molar refractivity (Wildman–Crippen MR) is 211 cm³/mol. The summed E-state index contributed by atoms with van der Waals surface area (Å²) in [5.41, 5.74) is 6.97. The van der Waals surface area contributed by atoms with Gasteiger partial charge in [-0.1, -0.05) is 100 Å². The number of nitrogens with one attached hydrogen (secondary N) is 3. The molecule has 55 heavy (non-hydrogen) atoms. The van der Waals surface area contributed by atoms with Crippen LogP contribution < -0.4 is 16.1 Å². The van der Waals surface area contributed by atoms with Crippen molar-refractivity contribution in [1.82, 2.24) is 35.9 Å². The summed E-state index contributed by atoms with van der Waals surface area (Å²) < 4.78 is 4.68. The fourth-order valence-electron chi connectivity index (χ4n) is 6.75. The Kier molecular flexibility index (Phi) is 15.6. The van der Waals surface area contributed by atoms with Crippen LogP contribution in [0.3, 0.4) is 0 Å². The van der Waals surface area contributed by atoms with Crippen LogP contribution in [0.5, 0.6) is 0 Å². The first-order valence-electron chi connectivity index (χ1n) is 19.1. The minimum Gasteiger partial charge on any atom is -0.453 e. The van der Waals surface area contributed by atoms with E-state index >= 15 is 0 Å². The van der Waals surface area contributed by atoms with Crippen molar-refractivity contribution in [3.8, 4) is 0 Å². The molecule has 4 atom stereocenters. The highest BCUT2D eigenvalue weighted by Gasteiger charge is 2.41. The van der Waals surface area contributed by atoms with E-state index in [4.69, 9.17) is 0 Å². The second kappa shape index (κ2) is 20.1. The van der Waals surface area contributed by atoms with E-state index in [9.17, 15) is 24.3 Å². The number of benzene rings is 2. The van der Waals surface area contributed by atoms with E-state index in [0.717, 1.165) is 28.1 Å². The van der Waals surface area contributed by atoms with Crippen LogP contribution in [0.1, 0.15) is 68.6 Å². The molecule has 1 aliphatic rings. The van der Waals surface area contributed by atoms with Gasteiger partial charge in [0.2, 0.25) is 11.8 Å².